The van der Waals surface area contributed by atoms with Gasteiger partial charge >= 0.3 is 0 Å². The zero-order chi connectivity index (χ0) is 13.9. The molecule has 0 saturated carbocycles. The van der Waals surface area contributed by atoms with Crippen LogP contribution in [-0.4, -0.2) is 30.5 Å². The number of nitrogens with zero attached hydrogens (tertiary/aromatic N) is 1. The number of likely N-dealkylation sites (N-methyl/N-ethyl adjacent to an activating group) is 1. The van der Waals surface area contributed by atoms with Crippen molar-refractivity contribution in [3.05, 3.63) is 21.6 Å². The van der Waals surface area contributed by atoms with Crippen molar-refractivity contribution in [2.45, 2.75) is 19.9 Å². The van der Waals surface area contributed by atoms with Crippen molar-refractivity contribution in [1.29, 1.82) is 0 Å². The number of carbonyl (C=O) groups excluding carboxylic acids is 1. The molecule has 1 rings (SSSR count). The molecule has 0 aliphatic heterocycles. The molecule has 4 nitrogen and oxygen atoms in total. The first-order chi connectivity index (χ1) is 8.32. The first kappa shape index (κ1) is 15.1. The van der Waals surface area contributed by atoms with Gasteiger partial charge in [-0.25, -0.2) is 0 Å². The Hall–Kier alpha value is -0.940. The lowest BCUT2D eigenvalue weighted by molar-refractivity contribution is -0.133. The fraction of sp³-hybridized carbons (Fsp3) is 0.417. The minimum atomic E-state index is -0.105. The van der Waals surface area contributed by atoms with Gasteiger partial charge in [0.2, 0.25) is 0 Å². The second-order valence-corrected chi connectivity index (χ2v) is 5.48. The maximum absolute atomic E-state index is 11.8. The topological polar surface area (TPSA) is 55.6 Å². The Morgan fingerprint density at radius 3 is 2.67 bits per heavy atom. The first-order valence-electron chi connectivity index (χ1n) is 5.46. The summed E-state index contributed by atoms with van der Waals surface area (Å²) >= 11 is 9.14. The van der Waals surface area contributed by atoms with E-state index in [9.17, 15) is 4.79 Å². The molecule has 0 heterocycles. The van der Waals surface area contributed by atoms with Gasteiger partial charge in [0.1, 0.15) is 0 Å². The summed E-state index contributed by atoms with van der Waals surface area (Å²) in [5.74, 6) is 0.330. The number of halogens is 2. The van der Waals surface area contributed by atoms with Gasteiger partial charge in [-0.15, -0.1) is 0 Å². The highest BCUT2D eigenvalue weighted by Gasteiger charge is 2.15. The van der Waals surface area contributed by atoms with E-state index in [0.717, 1.165) is 0 Å². The van der Waals surface area contributed by atoms with Crippen molar-refractivity contribution >= 4 is 39.1 Å². The molecule has 0 aliphatic rings. The van der Waals surface area contributed by atoms with Gasteiger partial charge in [-0.3, -0.25) is 4.79 Å². The number of anilines is 1. The lowest BCUT2D eigenvalue weighted by Crippen LogP contribution is -2.36. The van der Waals surface area contributed by atoms with E-state index in [0.29, 0.717) is 20.9 Å². The van der Waals surface area contributed by atoms with Gasteiger partial charge in [-0.1, -0.05) is 11.6 Å². The Balaban J connectivity index is 2.73. The van der Waals surface area contributed by atoms with E-state index in [1.54, 1.807) is 24.1 Å². The van der Waals surface area contributed by atoms with E-state index in [4.69, 9.17) is 22.1 Å². The van der Waals surface area contributed by atoms with Gasteiger partial charge in [-0.2, -0.15) is 0 Å². The third-order valence-corrected chi connectivity index (χ3v) is 3.35. The number of nitrogen functional groups attached to an aromatic ring is 1. The van der Waals surface area contributed by atoms with Crippen molar-refractivity contribution in [2.75, 3.05) is 19.4 Å². The summed E-state index contributed by atoms with van der Waals surface area (Å²) < 4.78 is 6.07. The van der Waals surface area contributed by atoms with Crippen LogP contribution < -0.4 is 10.5 Å². The minimum Gasteiger partial charge on any atom is -0.480 e. The van der Waals surface area contributed by atoms with Crippen LogP contribution in [0.4, 0.5) is 5.69 Å². The van der Waals surface area contributed by atoms with Crippen molar-refractivity contribution in [2.24, 2.45) is 0 Å². The molecule has 0 atom stereocenters. The summed E-state index contributed by atoms with van der Waals surface area (Å²) in [4.78, 5) is 13.4. The van der Waals surface area contributed by atoms with Crippen LogP contribution in [0.25, 0.3) is 0 Å². The van der Waals surface area contributed by atoms with Gasteiger partial charge < -0.3 is 15.4 Å². The molecule has 0 unspecified atom stereocenters. The van der Waals surface area contributed by atoms with Crippen LogP contribution in [0, 0.1) is 0 Å². The first-order valence-corrected chi connectivity index (χ1v) is 6.63. The summed E-state index contributed by atoms with van der Waals surface area (Å²) in [5, 5.41) is 0.511. The maximum atomic E-state index is 11.8. The number of ether oxygens (including phenoxy) is 1. The Kier molecular flexibility index (Phi) is 5.28. The van der Waals surface area contributed by atoms with Crippen LogP contribution >= 0.6 is 27.5 Å². The molecule has 1 aromatic carbocycles. The molecule has 0 bridgehead atoms. The zero-order valence-corrected chi connectivity index (χ0v) is 12.9. The van der Waals surface area contributed by atoms with Crippen LogP contribution in [-0.2, 0) is 4.79 Å². The van der Waals surface area contributed by atoms with Crippen LogP contribution in [0.3, 0.4) is 0 Å². The van der Waals surface area contributed by atoms with Crippen LogP contribution in [0.15, 0.2) is 16.6 Å². The van der Waals surface area contributed by atoms with E-state index in [2.05, 4.69) is 15.9 Å². The van der Waals surface area contributed by atoms with E-state index < -0.39 is 0 Å². The third-order valence-electron chi connectivity index (χ3n) is 2.55. The Bertz CT molecular complexity index is 429. The van der Waals surface area contributed by atoms with Crippen molar-refractivity contribution in [3.8, 4) is 5.75 Å². The van der Waals surface area contributed by atoms with Crippen molar-refractivity contribution in [1.82, 2.24) is 4.90 Å². The molecule has 1 aromatic rings. The highest BCUT2D eigenvalue weighted by molar-refractivity contribution is 9.10. The molecule has 6 heteroatoms. The monoisotopic (exact) mass is 334 g/mol. The normalized spacial score (nSPS) is 10.6. The van der Waals surface area contributed by atoms with E-state index in [1.165, 1.54) is 0 Å². The Morgan fingerprint density at radius 1 is 1.56 bits per heavy atom. The van der Waals surface area contributed by atoms with Gasteiger partial charge in [0.05, 0.1) is 10.2 Å². The number of amides is 1. The molecular formula is C12H16BrClN2O2. The van der Waals surface area contributed by atoms with Gasteiger partial charge in [0, 0.05) is 18.1 Å². The molecule has 0 fully saturated rings. The number of carbonyl (C=O) groups is 1. The average Bonchev–Trinajstić information content (AvgIpc) is 2.25. The fourth-order valence-electron chi connectivity index (χ4n) is 1.26. The number of benzene rings is 1. The Morgan fingerprint density at radius 2 is 2.17 bits per heavy atom. The second kappa shape index (κ2) is 6.29. The van der Waals surface area contributed by atoms with E-state index >= 15 is 0 Å². The Labute approximate surface area is 120 Å². The summed E-state index contributed by atoms with van der Waals surface area (Å²) in [7, 11) is 1.73. The van der Waals surface area contributed by atoms with Gasteiger partial charge in [0.15, 0.2) is 12.4 Å². The third kappa shape index (κ3) is 3.78. The molecule has 0 aromatic heterocycles. The summed E-state index contributed by atoms with van der Waals surface area (Å²) in [6.07, 6.45) is 0. The minimum absolute atomic E-state index is 0.0564. The van der Waals surface area contributed by atoms with Crippen LogP contribution in [0.1, 0.15) is 13.8 Å². The molecular weight excluding hydrogens is 320 g/mol. The standard InChI is InChI=1S/C12H16BrClN2O2/c1-7(2)16(3)11(17)6-18-12-9(13)4-8(14)5-10(12)15/h4-5,7H,6,15H2,1-3H3. The predicted molar refractivity (Wildman–Crippen MR) is 77.0 cm³/mol. The summed E-state index contributed by atoms with van der Waals surface area (Å²) in [5.41, 5.74) is 6.18. The number of hydrogen-bond acceptors (Lipinski definition) is 3. The molecule has 100 valence electrons. The van der Waals surface area contributed by atoms with Crippen molar-refractivity contribution < 1.29 is 9.53 Å². The zero-order valence-electron chi connectivity index (χ0n) is 10.5. The number of rotatable bonds is 4. The highest BCUT2D eigenvalue weighted by Crippen LogP contribution is 2.34. The highest BCUT2D eigenvalue weighted by atomic mass is 79.9. The molecule has 0 aliphatic carbocycles. The van der Waals surface area contributed by atoms with Gasteiger partial charge in [0.25, 0.3) is 5.91 Å². The summed E-state index contributed by atoms with van der Waals surface area (Å²) in [6, 6.07) is 3.38. The van der Waals surface area contributed by atoms with Crippen LogP contribution in [0.2, 0.25) is 5.02 Å². The maximum Gasteiger partial charge on any atom is 0.260 e. The largest absolute Gasteiger partial charge is 0.480 e. The average molecular weight is 336 g/mol. The molecule has 0 spiro atoms. The quantitative estimate of drug-likeness (QED) is 0.861. The lowest BCUT2D eigenvalue weighted by atomic mass is 10.3. The molecule has 0 saturated heterocycles. The molecule has 0 radical (unpaired) electrons. The molecule has 2 N–H and O–H groups in total. The van der Waals surface area contributed by atoms with Crippen LogP contribution in [0.5, 0.6) is 5.75 Å². The summed E-state index contributed by atoms with van der Waals surface area (Å²) in [6.45, 7) is 3.81. The number of nitrogens with two attached hydrogens (primary N) is 1. The SMILES string of the molecule is CC(C)N(C)C(=O)COc1c(N)cc(Cl)cc1Br. The van der Waals surface area contributed by atoms with Crippen molar-refractivity contribution in [3.63, 3.8) is 0 Å². The van der Waals surface area contributed by atoms with Gasteiger partial charge in [-0.05, 0) is 41.9 Å². The fourth-order valence-corrected chi connectivity index (χ4v) is 2.20. The van der Waals surface area contributed by atoms with E-state index in [-0.39, 0.29) is 18.6 Å². The second-order valence-electron chi connectivity index (χ2n) is 4.19. The smallest absolute Gasteiger partial charge is 0.260 e. The number of hydrogen-bond donors (Lipinski definition) is 1. The molecule has 1 amide bonds. The lowest BCUT2D eigenvalue weighted by Gasteiger charge is -2.21. The predicted octanol–water partition coefficient (Wildman–Crippen LogP) is 2.93. The molecule has 18 heavy (non-hydrogen) atoms. The van der Waals surface area contributed by atoms with E-state index in [1.807, 2.05) is 13.8 Å².